The van der Waals surface area contributed by atoms with Crippen LogP contribution in [0, 0.1) is 5.82 Å². The van der Waals surface area contributed by atoms with Crippen LogP contribution in [-0.2, 0) is 21.4 Å². The molecule has 1 aliphatic rings. The van der Waals surface area contributed by atoms with E-state index in [1.807, 2.05) is 36.4 Å². The highest BCUT2D eigenvalue weighted by Crippen LogP contribution is 2.34. The molecule has 27 heavy (non-hydrogen) atoms. The van der Waals surface area contributed by atoms with Crippen LogP contribution in [0.15, 0.2) is 48.5 Å². The second-order valence-corrected chi connectivity index (χ2v) is 7.02. The van der Waals surface area contributed by atoms with Crippen molar-refractivity contribution in [3.63, 3.8) is 0 Å². The molecule has 0 aromatic heterocycles. The highest BCUT2D eigenvalue weighted by molar-refractivity contribution is 5.76. The van der Waals surface area contributed by atoms with Gasteiger partial charge in [0.15, 0.2) is 0 Å². The lowest BCUT2D eigenvalue weighted by Crippen LogP contribution is -2.44. The van der Waals surface area contributed by atoms with Gasteiger partial charge in [0.2, 0.25) is 5.91 Å². The molecule has 0 radical (unpaired) electrons. The minimum absolute atomic E-state index is 0.0267. The van der Waals surface area contributed by atoms with Gasteiger partial charge in [-0.15, -0.1) is 0 Å². The summed E-state index contributed by atoms with van der Waals surface area (Å²) in [7, 11) is 1.63. The Hall–Kier alpha value is -2.40. The number of carbonyl (C=O) groups excluding carboxylic acids is 1. The summed E-state index contributed by atoms with van der Waals surface area (Å²) in [6.45, 7) is 1.85. The molecule has 0 aliphatic carbocycles. The Balaban J connectivity index is 1.57. The third kappa shape index (κ3) is 5.07. The van der Waals surface area contributed by atoms with Gasteiger partial charge < -0.3 is 14.8 Å². The van der Waals surface area contributed by atoms with E-state index in [2.05, 4.69) is 5.32 Å². The van der Waals surface area contributed by atoms with Gasteiger partial charge >= 0.3 is 0 Å². The minimum atomic E-state index is -0.246. The average molecular weight is 371 g/mol. The smallest absolute Gasteiger partial charge is 0.220 e. The molecule has 0 spiro atoms. The van der Waals surface area contributed by atoms with E-state index in [-0.39, 0.29) is 17.1 Å². The van der Waals surface area contributed by atoms with Gasteiger partial charge in [-0.05, 0) is 54.7 Å². The molecule has 1 N–H and O–H groups in total. The number of halogens is 1. The number of rotatable bonds is 7. The second kappa shape index (κ2) is 9.00. The average Bonchev–Trinajstić information content (AvgIpc) is 2.72. The molecule has 1 heterocycles. The number of hydrogen-bond acceptors (Lipinski definition) is 3. The molecule has 0 bridgehead atoms. The summed E-state index contributed by atoms with van der Waals surface area (Å²) in [6, 6.07) is 14.4. The number of carbonyl (C=O) groups is 1. The Morgan fingerprint density at radius 1 is 1.11 bits per heavy atom. The van der Waals surface area contributed by atoms with Crippen molar-refractivity contribution in [2.75, 3.05) is 26.9 Å². The third-order valence-electron chi connectivity index (χ3n) is 5.33. The molecule has 1 aliphatic heterocycles. The van der Waals surface area contributed by atoms with Gasteiger partial charge in [-0.2, -0.15) is 0 Å². The molecule has 2 aromatic carbocycles. The van der Waals surface area contributed by atoms with Crippen molar-refractivity contribution < 1.29 is 18.7 Å². The zero-order valence-corrected chi connectivity index (χ0v) is 15.7. The molecule has 1 fully saturated rings. The Labute approximate surface area is 159 Å². The Kier molecular flexibility index (Phi) is 6.45. The number of aryl methyl sites for hydroxylation is 1. The van der Waals surface area contributed by atoms with E-state index in [1.54, 1.807) is 7.11 Å². The molecule has 3 rings (SSSR count). The zero-order chi connectivity index (χ0) is 19.1. The summed E-state index contributed by atoms with van der Waals surface area (Å²) in [4.78, 5) is 12.4. The fourth-order valence-corrected chi connectivity index (χ4v) is 3.54. The van der Waals surface area contributed by atoms with Crippen molar-refractivity contribution in [2.45, 2.75) is 31.1 Å². The van der Waals surface area contributed by atoms with E-state index in [0.717, 1.165) is 29.7 Å². The molecular formula is C22H26FNO3. The van der Waals surface area contributed by atoms with Gasteiger partial charge in [0.25, 0.3) is 0 Å². The summed E-state index contributed by atoms with van der Waals surface area (Å²) < 4.78 is 24.0. The van der Waals surface area contributed by atoms with Crippen molar-refractivity contribution >= 4 is 5.91 Å². The summed E-state index contributed by atoms with van der Waals surface area (Å²) >= 11 is 0. The number of hydrogen-bond donors (Lipinski definition) is 1. The lowest BCUT2D eigenvalue weighted by atomic mass is 9.74. The standard InChI is InChI=1S/C22H26FNO3/c1-26-20-9-2-17(3-10-20)4-11-21(25)24-16-22(12-14-27-15-13-22)18-5-7-19(23)8-6-18/h2-3,5-10H,4,11-16H2,1H3,(H,24,25). The number of nitrogens with one attached hydrogen (secondary N) is 1. The van der Waals surface area contributed by atoms with Crippen LogP contribution < -0.4 is 10.1 Å². The van der Waals surface area contributed by atoms with Gasteiger partial charge in [0, 0.05) is 31.6 Å². The molecule has 0 atom stereocenters. The summed E-state index contributed by atoms with van der Waals surface area (Å²) in [5.41, 5.74) is 1.97. The zero-order valence-electron chi connectivity index (χ0n) is 15.7. The SMILES string of the molecule is COc1ccc(CCC(=O)NCC2(c3ccc(F)cc3)CCOCC2)cc1. The molecular weight excluding hydrogens is 345 g/mol. The van der Waals surface area contributed by atoms with Crippen molar-refractivity contribution in [1.29, 1.82) is 0 Å². The molecule has 2 aromatic rings. The van der Waals surface area contributed by atoms with Crippen molar-refractivity contribution in [3.8, 4) is 5.75 Å². The predicted octanol–water partition coefficient (Wildman–Crippen LogP) is 3.63. The topological polar surface area (TPSA) is 47.6 Å². The first-order valence-electron chi connectivity index (χ1n) is 9.35. The van der Waals surface area contributed by atoms with E-state index in [0.29, 0.717) is 32.6 Å². The second-order valence-electron chi connectivity index (χ2n) is 7.02. The number of benzene rings is 2. The van der Waals surface area contributed by atoms with Crippen molar-refractivity contribution in [2.24, 2.45) is 0 Å². The summed E-state index contributed by atoms with van der Waals surface area (Å²) in [5, 5.41) is 3.09. The molecule has 4 nitrogen and oxygen atoms in total. The van der Waals surface area contributed by atoms with Crippen LogP contribution in [0.25, 0.3) is 0 Å². The molecule has 144 valence electrons. The molecule has 1 saturated heterocycles. The lowest BCUT2D eigenvalue weighted by Gasteiger charge is -2.38. The fraction of sp³-hybridized carbons (Fsp3) is 0.409. The van der Waals surface area contributed by atoms with Crippen LogP contribution in [-0.4, -0.2) is 32.8 Å². The number of ether oxygens (including phenoxy) is 2. The Bertz CT molecular complexity index is 737. The van der Waals surface area contributed by atoms with Gasteiger partial charge in [-0.3, -0.25) is 4.79 Å². The maximum absolute atomic E-state index is 13.3. The van der Waals surface area contributed by atoms with Crippen LogP contribution in [0.3, 0.4) is 0 Å². The third-order valence-corrected chi connectivity index (χ3v) is 5.33. The lowest BCUT2D eigenvalue weighted by molar-refractivity contribution is -0.121. The fourth-order valence-electron chi connectivity index (χ4n) is 3.54. The van der Waals surface area contributed by atoms with Crippen LogP contribution in [0.5, 0.6) is 5.75 Å². The first-order valence-corrected chi connectivity index (χ1v) is 9.35. The first kappa shape index (κ1) is 19.4. The van der Waals surface area contributed by atoms with Gasteiger partial charge in [-0.25, -0.2) is 4.39 Å². The highest BCUT2D eigenvalue weighted by atomic mass is 19.1. The summed E-state index contributed by atoms with van der Waals surface area (Å²) in [5.74, 6) is 0.590. The molecule has 5 heteroatoms. The van der Waals surface area contributed by atoms with E-state index in [4.69, 9.17) is 9.47 Å². The van der Waals surface area contributed by atoms with Crippen LogP contribution >= 0.6 is 0 Å². The monoisotopic (exact) mass is 371 g/mol. The molecule has 0 unspecified atom stereocenters. The Morgan fingerprint density at radius 3 is 2.41 bits per heavy atom. The van der Waals surface area contributed by atoms with Crippen molar-refractivity contribution in [1.82, 2.24) is 5.32 Å². The first-order chi connectivity index (χ1) is 13.1. The van der Waals surface area contributed by atoms with E-state index in [1.165, 1.54) is 12.1 Å². The van der Waals surface area contributed by atoms with E-state index >= 15 is 0 Å². The number of methoxy groups -OCH3 is 1. The van der Waals surface area contributed by atoms with Crippen LogP contribution in [0.4, 0.5) is 4.39 Å². The maximum Gasteiger partial charge on any atom is 0.220 e. The molecule has 1 amide bonds. The largest absolute Gasteiger partial charge is 0.497 e. The van der Waals surface area contributed by atoms with Gasteiger partial charge in [0.05, 0.1) is 7.11 Å². The van der Waals surface area contributed by atoms with Gasteiger partial charge in [-0.1, -0.05) is 24.3 Å². The highest BCUT2D eigenvalue weighted by Gasteiger charge is 2.34. The van der Waals surface area contributed by atoms with E-state index in [9.17, 15) is 9.18 Å². The quantitative estimate of drug-likeness (QED) is 0.808. The van der Waals surface area contributed by atoms with Crippen molar-refractivity contribution in [3.05, 3.63) is 65.5 Å². The van der Waals surface area contributed by atoms with Crippen LogP contribution in [0.1, 0.15) is 30.4 Å². The number of amides is 1. The van der Waals surface area contributed by atoms with Crippen LogP contribution in [0.2, 0.25) is 0 Å². The summed E-state index contributed by atoms with van der Waals surface area (Å²) in [6.07, 6.45) is 2.75. The predicted molar refractivity (Wildman–Crippen MR) is 102 cm³/mol. The minimum Gasteiger partial charge on any atom is -0.497 e. The normalized spacial score (nSPS) is 15.9. The molecule has 0 saturated carbocycles. The van der Waals surface area contributed by atoms with Gasteiger partial charge in [0.1, 0.15) is 11.6 Å². The maximum atomic E-state index is 13.3. The Morgan fingerprint density at radius 2 is 1.78 bits per heavy atom. The van der Waals surface area contributed by atoms with E-state index < -0.39 is 0 Å².